The molecule has 4 N–H and O–H groups in total. The highest BCUT2D eigenvalue weighted by Gasteiger charge is 2.51. The van der Waals surface area contributed by atoms with Crippen LogP contribution in [0.3, 0.4) is 0 Å². The fraction of sp³-hybridized carbons (Fsp3) is 0.259. The van der Waals surface area contributed by atoms with Gasteiger partial charge in [-0.3, -0.25) is 23.9 Å². The summed E-state index contributed by atoms with van der Waals surface area (Å²) in [4.78, 5) is 58.0. The molecule has 4 heterocycles. The van der Waals surface area contributed by atoms with E-state index in [4.69, 9.17) is 17.3 Å². The van der Waals surface area contributed by atoms with Gasteiger partial charge < -0.3 is 21.3 Å². The number of carbonyl (C=O) groups excluding carboxylic acids is 4. The fourth-order valence-corrected chi connectivity index (χ4v) is 6.52. The zero-order valence-electron chi connectivity index (χ0n) is 21.0. The third kappa shape index (κ3) is 4.80. The number of primary amides is 1. The Morgan fingerprint density at radius 2 is 1.93 bits per heavy atom. The number of carbonyl (C=O) groups is 4. The Balaban J connectivity index is 1.25. The lowest BCUT2D eigenvalue weighted by molar-refractivity contribution is -0.141. The van der Waals surface area contributed by atoms with Crippen LogP contribution in [0.4, 0.5) is 11.5 Å². The minimum atomic E-state index is -0.760. The second kappa shape index (κ2) is 10.4. The number of amides is 4. The summed E-state index contributed by atoms with van der Waals surface area (Å²) in [6, 6.07) is 12.7. The van der Waals surface area contributed by atoms with Gasteiger partial charge in [-0.25, -0.2) is 4.98 Å². The van der Waals surface area contributed by atoms with Crippen molar-refractivity contribution in [3.63, 3.8) is 0 Å². The SMILES string of the molecule is NC(=O)c1nn(CC(=O)N2[C@@H]3CC[C@@H](C3)[C@H]2C(=O)Nc2cccc(Cl)n2)c2ccc(NC(=O)c3cccs3)cc12. The molecule has 1 aromatic carbocycles. The van der Waals surface area contributed by atoms with Crippen molar-refractivity contribution in [1.29, 1.82) is 0 Å². The maximum Gasteiger partial charge on any atom is 0.269 e. The number of rotatable bonds is 7. The standard InChI is InChI=1S/C27H24ClN7O4S/c28-20-4-1-5-21(31-20)32-27(39)24-14-6-8-16(11-14)35(24)22(36)13-34-18-9-7-15(12-17(18)23(33-34)25(29)37)30-26(38)19-3-2-10-40-19/h1-5,7,9-10,12,14,16,24H,6,8,11,13H2,(H2,29,37)(H,30,38)(H,31,32,39)/t14-,16+,24-/m0/s1. The first-order chi connectivity index (χ1) is 19.3. The van der Waals surface area contributed by atoms with E-state index in [0.29, 0.717) is 27.3 Å². The lowest BCUT2D eigenvalue weighted by atomic mass is 9.97. The molecule has 2 aliphatic rings. The molecule has 2 bridgehead atoms. The number of hydrogen-bond donors (Lipinski definition) is 3. The van der Waals surface area contributed by atoms with Gasteiger partial charge in [-0.05, 0) is 67.0 Å². The predicted molar refractivity (Wildman–Crippen MR) is 150 cm³/mol. The number of nitrogens with two attached hydrogens (primary N) is 1. The summed E-state index contributed by atoms with van der Waals surface area (Å²) < 4.78 is 1.42. The molecule has 4 aromatic rings. The van der Waals surface area contributed by atoms with Crippen molar-refractivity contribution >= 4 is 69.0 Å². The van der Waals surface area contributed by atoms with Crippen LogP contribution in [0.5, 0.6) is 0 Å². The van der Waals surface area contributed by atoms with E-state index in [9.17, 15) is 19.2 Å². The van der Waals surface area contributed by atoms with Crippen molar-refractivity contribution in [3.8, 4) is 0 Å². The highest BCUT2D eigenvalue weighted by Crippen LogP contribution is 2.43. The zero-order valence-corrected chi connectivity index (χ0v) is 22.6. The van der Waals surface area contributed by atoms with Gasteiger partial charge in [0.25, 0.3) is 11.8 Å². The monoisotopic (exact) mass is 577 g/mol. The highest BCUT2D eigenvalue weighted by atomic mass is 35.5. The number of benzene rings is 1. The number of piperidine rings is 1. The van der Waals surface area contributed by atoms with Crippen LogP contribution >= 0.6 is 22.9 Å². The van der Waals surface area contributed by atoms with Crippen LogP contribution in [0.15, 0.2) is 53.9 Å². The molecule has 6 rings (SSSR count). The summed E-state index contributed by atoms with van der Waals surface area (Å²) in [5, 5.41) is 12.4. The largest absolute Gasteiger partial charge is 0.364 e. The zero-order chi connectivity index (χ0) is 28.0. The first-order valence-electron chi connectivity index (χ1n) is 12.7. The summed E-state index contributed by atoms with van der Waals surface area (Å²) >= 11 is 7.27. The number of likely N-dealkylation sites (tertiary alicyclic amines) is 1. The second-order valence-corrected chi connectivity index (χ2v) is 11.2. The number of anilines is 2. The number of halogens is 1. The Morgan fingerprint density at radius 1 is 1.07 bits per heavy atom. The molecule has 11 nitrogen and oxygen atoms in total. The van der Waals surface area contributed by atoms with E-state index < -0.39 is 11.9 Å². The van der Waals surface area contributed by atoms with Gasteiger partial charge in [-0.1, -0.05) is 23.7 Å². The maximum absolute atomic E-state index is 13.7. The number of pyridine rings is 1. The van der Waals surface area contributed by atoms with Gasteiger partial charge in [-0.2, -0.15) is 5.10 Å². The minimum Gasteiger partial charge on any atom is -0.364 e. The molecule has 2 fully saturated rings. The van der Waals surface area contributed by atoms with Crippen molar-refractivity contribution in [1.82, 2.24) is 19.7 Å². The van der Waals surface area contributed by atoms with Gasteiger partial charge in [0.15, 0.2) is 5.69 Å². The van der Waals surface area contributed by atoms with E-state index in [1.165, 1.54) is 16.0 Å². The highest BCUT2D eigenvalue weighted by molar-refractivity contribution is 7.12. The quantitative estimate of drug-likeness (QED) is 0.286. The summed E-state index contributed by atoms with van der Waals surface area (Å²) in [6.45, 7) is -0.187. The topological polar surface area (TPSA) is 152 Å². The number of nitrogens with one attached hydrogen (secondary N) is 2. The van der Waals surface area contributed by atoms with Crippen LogP contribution in [-0.2, 0) is 16.1 Å². The van der Waals surface area contributed by atoms with Crippen LogP contribution in [-0.4, -0.2) is 55.4 Å². The third-order valence-corrected chi connectivity index (χ3v) is 8.46. The number of thiophene rings is 1. The Bertz CT molecular complexity index is 1650. The minimum absolute atomic E-state index is 0.0145. The Labute approximate surface area is 237 Å². The van der Waals surface area contributed by atoms with Crippen molar-refractivity contribution in [2.45, 2.75) is 37.9 Å². The van der Waals surface area contributed by atoms with Crippen molar-refractivity contribution in [2.75, 3.05) is 10.6 Å². The molecular formula is C27H24ClN7O4S. The molecule has 204 valence electrons. The first kappa shape index (κ1) is 26.0. The number of fused-ring (bicyclic) bond motifs is 3. The smallest absolute Gasteiger partial charge is 0.269 e. The molecule has 3 atom stereocenters. The molecule has 0 unspecified atom stereocenters. The van der Waals surface area contributed by atoms with Gasteiger partial charge in [-0.15, -0.1) is 11.3 Å². The van der Waals surface area contributed by atoms with E-state index in [1.54, 1.807) is 58.8 Å². The molecule has 13 heteroatoms. The average Bonchev–Trinajstić information content (AvgIpc) is 3.72. The summed E-state index contributed by atoms with van der Waals surface area (Å²) in [6.07, 6.45) is 2.41. The molecule has 3 aromatic heterocycles. The molecule has 4 amide bonds. The van der Waals surface area contributed by atoms with E-state index in [0.717, 1.165) is 19.3 Å². The summed E-state index contributed by atoms with van der Waals surface area (Å²) in [5.74, 6) is -1.29. The molecule has 0 radical (unpaired) electrons. The number of nitrogens with zero attached hydrogens (tertiary/aromatic N) is 4. The first-order valence-corrected chi connectivity index (χ1v) is 13.9. The molecule has 40 heavy (non-hydrogen) atoms. The van der Waals surface area contributed by atoms with Crippen LogP contribution < -0.4 is 16.4 Å². The maximum atomic E-state index is 13.7. The van der Waals surface area contributed by atoms with Gasteiger partial charge in [0.2, 0.25) is 11.8 Å². The van der Waals surface area contributed by atoms with Crippen molar-refractivity contribution in [2.24, 2.45) is 11.7 Å². The van der Waals surface area contributed by atoms with Crippen molar-refractivity contribution in [3.05, 3.63) is 69.6 Å². The van der Waals surface area contributed by atoms with Crippen LogP contribution in [0.2, 0.25) is 5.15 Å². The predicted octanol–water partition coefficient (Wildman–Crippen LogP) is 3.52. The number of aromatic nitrogens is 3. The summed E-state index contributed by atoms with van der Waals surface area (Å²) in [7, 11) is 0. The van der Waals surface area contributed by atoms with E-state index >= 15 is 0 Å². The number of hydrogen-bond acceptors (Lipinski definition) is 7. The molecule has 1 saturated heterocycles. The molecular weight excluding hydrogens is 554 g/mol. The summed E-state index contributed by atoms with van der Waals surface area (Å²) in [5.41, 5.74) is 6.56. The Hall–Kier alpha value is -4.29. The Kier molecular flexibility index (Phi) is 6.72. The van der Waals surface area contributed by atoms with Gasteiger partial charge in [0.1, 0.15) is 23.6 Å². The van der Waals surface area contributed by atoms with Crippen LogP contribution in [0.25, 0.3) is 10.9 Å². The van der Waals surface area contributed by atoms with Gasteiger partial charge >= 0.3 is 0 Å². The van der Waals surface area contributed by atoms with Gasteiger partial charge in [0, 0.05) is 17.1 Å². The fourth-order valence-electron chi connectivity index (χ4n) is 5.73. The van der Waals surface area contributed by atoms with Crippen molar-refractivity contribution < 1.29 is 19.2 Å². The molecule has 1 saturated carbocycles. The van der Waals surface area contributed by atoms with E-state index in [1.807, 2.05) is 0 Å². The molecule has 0 spiro atoms. The van der Waals surface area contributed by atoms with E-state index in [-0.39, 0.29) is 47.1 Å². The lowest BCUT2D eigenvalue weighted by Gasteiger charge is -2.34. The Morgan fingerprint density at radius 3 is 2.67 bits per heavy atom. The van der Waals surface area contributed by atoms with Gasteiger partial charge in [0.05, 0.1) is 10.4 Å². The second-order valence-electron chi connectivity index (χ2n) is 9.84. The third-order valence-electron chi connectivity index (χ3n) is 7.38. The molecule has 1 aliphatic carbocycles. The average molecular weight is 578 g/mol. The lowest BCUT2D eigenvalue weighted by Crippen LogP contribution is -2.52. The van der Waals surface area contributed by atoms with Crippen LogP contribution in [0.1, 0.15) is 39.4 Å². The molecule has 1 aliphatic heterocycles. The van der Waals surface area contributed by atoms with E-state index in [2.05, 4.69) is 20.7 Å². The normalized spacial score (nSPS) is 19.6. The van der Waals surface area contributed by atoms with Crippen LogP contribution in [0, 0.1) is 5.92 Å².